The van der Waals surface area contributed by atoms with Crippen LogP contribution in [0.5, 0.6) is 5.75 Å². The van der Waals surface area contributed by atoms with E-state index in [0.717, 1.165) is 18.4 Å². The van der Waals surface area contributed by atoms with Crippen LogP contribution in [-0.2, 0) is 37.6 Å². The summed E-state index contributed by atoms with van der Waals surface area (Å²) in [7, 11) is 3.23. The lowest BCUT2D eigenvalue weighted by Crippen LogP contribution is -2.74. The molecule has 0 bridgehead atoms. The van der Waals surface area contributed by atoms with Crippen LogP contribution in [0.3, 0.4) is 0 Å². The summed E-state index contributed by atoms with van der Waals surface area (Å²) in [6, 6.07) is 6.20. The smallest absolute Gasteiger partial charge is 0.323 e. The third-order valence-electron chi connectivity index (χ3n) is 8.15. The molecule has 4 unspecified atom stereocenters. The van der Waals surface area contributed by atoms with Gasteiger partial charge in [0.2, 0.25) is 17.0 Å². The fourth-order valence-corrected chi connectivity index (χ4v) is 8.29. The first-order chi connectivity index (χ1) is 21.7. The molecule has 13 nitrogen and oxygen atoms in total. The molecule has 1 aromatic carbocycles. The van der Waals surface area contributed by atoms with Crippen LogP contribution in [0, 0.1) is 17.3 Å². The molecule has 2 N–H and O–H groups in total. The Morgan fingerprint density at radius 3 is 2.71 bits per heavy atom. The number of carboxylic acids is 1. The number of methoxy groups -OCH3 is 1. The van der Waals surface area contributed by atoms with Gasteiger partial charge in [0.1, 0.15) is 29.2 Å². The number of nitrogens with zero attached hydrogens (tertiary/aromatic N) is 5. The van der Waals surface area contributed by atoms with E-state index in [4.69, 9.17) is 9.47 Å². The highest BCUT2D eigenvalue weighted by atomic mass is 32.2. The minimum absolute atomic E-state index is 0.00847. The van der Waals surface area contributed by atoms with Gasteiger partial charge in [-0.25, -0.2) is 4.68 Å². The average molecular weight is 657 g/mol. The molecule has 1 aromatic heterocycles. The van der Waals surface area contributed by atoms with Gasteiger partial charge in [-0.3, -0.25) is 19.2 Å². The van der Waals surface area contributed by atoms with Gasteiger partial charge < -0.3 is 24.8 Å². The Hall–Kier alpha value is -3.85. The molecule has 0 spiro atoms. The Bertz CT molecular complexity index is 1500. The lowest BCUT2D eigenvalue weighted by Gasteiger charge is -2.53. The van der Waals surface area contributed by atoms with Gasteiger partial charge in [-0.2, -0.15) is 0 Å². The fourth-order valence-electron chi connectivity index (χ4n) is 5.58. The minimum atomic E-state index is -1.22. The molecule has 240 valence electrons. The number of nitrogens with one attached hydrogen (secondary N) is 1. The standard InChI is InChI=1S/C30H36N6O7S2/c1-4-6-18-7-5-8-20(13-18)22(27(39)43-14-19-9-11-21(42-3)12-10-19)24(37)31-23-25(38)36-15-30(28(40)41,16-44-26(23)36)17-45-29-32-33-34-35(29)2/h5,7,9-13,18,22-23,26H,4,6,8,14-17H2,1-3H3,(H,31,37)(H,40,41)/t18?,22?,23?,26-,30?/m1/s1. The van der Waals surface area contributed by atoms with E-state index in [2.05, 4.69) is 33.8 Å². The van der Waals surface area contributed by atoms with Gasteiger partial charge in [0, 0.05) is 25.1 Å². The van der Waals surface area contributed by atoms with Crippen LogP contribution in [0.15, 0.2) is 53.2 Å². The molecule has 2 amide bonds. The van der Waals surface area contributed by atoms with Gasteiger partial charge >= 0.3 is 11.9 Å². The maximum atomic E-state index is 13.8. The monoisotopic (exact) mass is 656 g/mol. The van der Waals surface area contributed by atoms with Gasteiger partial charge in [-0.05, 0) is 52.5 Å². The zero-order chi connectivity index (χ0) is 32.1. The molecular weight excluding hydrogens is 620 g/mol. The van der Waals surface area contributed by atoms with E-state index < -0.39 is 40.6 Å². The van der Waals surface area contributed by atoms with Crippen molar-refractivity contribution >= 4 is 47.3 Å². The maximum Gasteiger partial charge on any atom is 0.323 e. The molecule has 0 saturated carbocycles. The molecule has 15 heteroatoms. The van der Waals surface area contributed by atoms with E-state index in [9.17, 15) is 24.3 Å². The zero-order valence-corrected chi connectivity index (χ0v) is 26.9. The number of β-lactam (4-membered cyclic amide) rings is 1. The number of hydrogen-bond acceptors (Lipinski definition) is 11. The van der Waals surface area contributed by atoms with Crippen molar-refractivity contribution in [3.8, 4) is 5.75 Å². The number of carbonyl (C=O) groups is 4. The van der Waals surface area contributed by atoms with Crippen molar-refractivity contribution < 1.29 is 33.8 Å². The van der Waals surface area contributed by atoms with Gasteiger partial charge in [-0.15, -0.1) is 16.9 Å². The Morgan fingerprint density at radius 1 is 1.27 bits per heavy atom. The quantitative estimate of drug-likeness (QED) is 0.107. The largest absolute Gasteiger partial charge is 0.497 e. The number of ether oxygens (including phenoxy) is 2. The van der Waals surface area contributed by atoms with Crippen molar-refractivity contribution in [3.05, 3.63) is 53.6 Å². The van der Waals surface area contributed by atoms with Crippen molar-refractivity contribution in [2.75, 3.05) is 25.2 Å². The first-order valence-electron chi connectivity index (χ1n) is 14.6. The van der Waals surface area contributed by atoms with Crippen LogP contribution >= 0.6 is 23.5 Å². The highest BCUT2D eigenvalue weighted by Gasteiger charge is 2.58. The number of tetrazole rings is 1. The van der Waals surface area contributed by atoms with Crippen LogP contribution in [0.4, 0.5) is 0 Å². The number of carbonyl (C=O) groups excluding carboxylic acids is 3. The minimum Gasteiger partial charge on any atom is -0.497 e. The van der Waals surface area contributed by atoms with Crippen LogP contribution in [0.25, 0.3) is 0 Å². The van der Waals surface area contributed by atoms with Crippen LogP contribution in [0.1, 0.15) is 31.7 Å². The number of esters is 1. The molecule has 5 atom stereocenters. The molecule has 2 aliphatic heterocycles. The molecule has 3 aliphatic rings. The summed E-state index contributed by atoms with van der Waals surface area (Å²) >= 11 is 2.52. The number of hydrogen-bond donors (Lipinski definition) is 2. The summed E-state index contributed by atoms with van der Waals surface area (Å²) < 4.78 is 12.3. The second kappa shape index (κ2) is 14.1. The second-order valence-electron chi connectivity index (χ2n) is 11.3. The number of fused-ring (bicyclic) bond motifs is 1. The summed E-state index contributed by atoms with van der Waals surface area (Å²) in [5.41, 5.74) is 0.154. The number of thioether (sulfide) groups is 2. The van der Waals surface area contributed by atoms with E-state index in [-0.39, 0.29) is 36.5 Å². The van der Waals surface area contributed by atoms with Crippen LogP contribution < -0.4 is 10.1 Å². The van der Waals surface area contributed by atoms with E-state index >= 15 is 0 Å². The maximum absolute atomic E-state index is 13.8. The topological polar surface area (TPSA) is 166 Å². The number of aromatic nitrogens is 4. The molecule has 0 radical (unpaired) electrons. The molecule has 1 aliphatic carbocycles. The Labute approximate surface area is 269 Å². The average Bonchev–Trinajstić information content (AvgIpc) is 3.46. The SMILES string of the molecule is CCCC1C=CCC(C(C(=O)NC2C(=O)N3CC(CSc4nnnn4C)(C(=O)O)CS[C@H]23)C(=O)OCc2ccc(OC)cc2)=C1. The number of allylic oxidation sites excluding steroid dienone is 3. The van der Waals surface area contributed by atoms with E-state index in [1.807, 2.05) is 12.2 Å². The van der Waals surface area contributed by atoms with Gasteiger partial charge in [0.25, 0.3) is 0 Å². The summed E-state index contributed by atoms with van der Waals surface area (Å²) in [5, 5.41) is 24.2. The molecule has 3 heterocycles. The van der Waals surface area contributed by atoms with Gasteiger partial charge in [-0.1, -0.05) is 55.5 Å². The number of aliphatic carboxylic acids is 1. The summed E-state index contributed by atoms with van der Waals surface area (Å²) in [6.07, 6.45) is 8.22. The van der Waals surface area contributed by atoms with Crippen molar-refractivity contribution in [1.29, 1.82) is 0 Å². The third kappa shape index (κ3) is 7.03. The summed E-state index contributed by atoms with van der Waals surface area (Å²) in [4.78, 5) is 54.5. The predicted octanol–water partition coefficient (Wildman–Crippen LogP) is 2.44. The van der Waals surface area contributed by atoms with E-state index in [0.29, 0.717) is 22.9 Å². The van der Waals surface area contributed by atoms with Crippen LogP contribution in [-0.4, -0.2) is 90.5 Å². The second-order valence-corrected chi connectivity index (χ2v) is 13.4. The fraction of sp³-hybridized carbons (Fsp3) is 0.500. The molecule has 45 heavy (non-hydrogen) atoms. The number of rotatable bonds is 13. The predicted molar refractivity (Wildman–Crippen MR) is 166 cm³/mol. The van der Waals surface area contributed by atoms with E-state index in [1.165, 1.54) is 33.1 Å². The van der Waals surface area contributed by atoms with Crippen molar-refractivity contribution in [2.45, 2.75) is 49.4 Å². The summed E-state index contributed by atoms with van der Waals surface area (Å²) in [6.45, 7) is 2.04. The Kier molecular flexibility index (Phi) is 10.2. The Balaban J connectivity index is 1.27. The zero-order valence-electron chi connectivity index (χ0n) is 25.2. The molecule has 2 fully saturated rings. The molecule has 5 rings (SSSR count). The van der Waals surface area contributed by atoms with Crippen molar-refractivity contribution in [3.63, 3.8) is 0 Å². The number of aryl methyl sites for hydroxylation is 1. The molecular formula is C30H36N6O7S2. The first-order valence-corrected chi connectivity index (χ1v) is 16.7. The normalized spacial score (nSPS) is 24.6. The highest BCUT2D eigenvalue weighted by molar-refractivity contribution is 8.00. The van der Waals surface area contributed by atoms with Gasteiger partial charge in [0.05, 0.1) is 7.11 Å². The van der Waals surface area contributed by atoms with E-state index in [1.54, 1.807) is 38.4 Å². The molecule has 2 saturated heterocycles. The van der Waals surface area contributed by atoms with Crippen molar-refractivity contribution in [2.24, 2.45) is 24.3 Å². The summed E-state index contributed by atoms with van der Waals surface area (Å²) in [5.74, 6) is -2.77. The third-order valence-corrected chi connectivity index (χ3v) is 11.0. The highest BCUT2D eigenvalue weighted by Crippen LogP contribution is 2.44. The number of benzene rings is 1. The number of amides is 2. The van der Waals surface area contributed by atoms with Crippen LogP contribution in [0.2, 0.25) is 0 Å². The lowest BCUT2D eigenvalue weighted by molar-refractivity contribution is -0.160. The Morgan fingerprint density at radius 2 is 2.04 bits per heavy atom. The van der Waals surface area contributed by atoms with Gasteiger partial charge in [0.15, 0.2) is 5.92 Å². The van der Waals surface area contributed by atoms with Crippen molar-refractivity contribution in [1.82, 2.24) is 30.4 Å². The number of carboxylic acid groups (broad SMARTS) is 1. The lowest BCUT2D eigenvalue weighted by atomic mass is 9.85. The first kappa shape index (κ1) is 32.5. The molecule has 2 aromatic rings.